The molecule has 0 fully saturated rings. The molecule has 0 aliphatic rings. The highest BCUT2D eigenvalue weighted by atomic mass is 35.5. The van der Waals surface area contributed by atoms with Crippen LogP contribution in [0.2, 0.25) is 0 Å². The van der Waals surface area contributed by atoms with Crippen LogP contribution >= 0.6 is 11.6 Å². The van der Waals surface area contributed by atoms with Crippen molar-refractivity contribution in [1.82, 2.24) is 4.98 Å². The maximum atomic E-state index is 12.5. The van der Waals surface area contributed by atoms with Crippen LogP contribution in [0.4, 0.5) is 13.2 Å². The Labute approximate surface area is 120 Å². The Morgan fingerprint density at radius 3 is 2.35 bits per heavy atom. The number of rotatable bonds is 3. The number of hydrogen-bond acceptors (Lipinski definition) is 1. The third-order valence-corrected chi connectivity index (χ3v) is 3.50. The van der Waals surface area contributed by atoms with E-state index in [2.05, 4.69) is 4.98 Å². The second-order valence-electron chi connectivity index (χ2n) is 4.56. The second-order valence-corrected chi connectivity index (χ2v) is 5.09. The number of nitrogens with zero attached hydrogens (tertiary/aromatic N) is 1. The van der Waals surface area contributed by atoms with E-state index in [0.29, 0.717) is 12.0 Å². The minimum atomic E-state index is -4.32. The van der Waals surface area contributed by atoms with Crippen molar-refractivity contribution in [3.8, 4) is 0 Å². The molecule has 0 aliphatic carbocycles. The van der Waals surface area contributed by atoms with Gasteiger partial charge in [-0.25, -0.2) is 0 Å². The Morgan fingerprint density at radius 1 is 1.15 bits per heavy atom. The highest BCUT2D eigenvalue weighted by Crippen LogP contribution is 2.31. The molecule has 0 saturated heterocycles. The van der Waals surface area contributed by atoms with E-state index in [-0.39, 0.29) is 0 Å². The number of halogens is 4. The molecule has 1 unspecified atom stereocenters. The van der Waals surface area contributed by atoms with Gasteiger partial charge in [0.1, 0.15) is 0 Å². The van der Waals surface area contributed by atoms with Gasteiger partial charge in [0.05, 0.1) is 10.9 Å². The molecule has 0 saturated carbocycles. The minimum absolute atomic E-state index is 0.397. The predicted molar refractivity (Wildman–Crippen MR) is 72.7 cm³/mol. The zero-order valence-electron chi connectivity index (χ0n) is 10.8. The van der Waals surface area contributed by atoms with Gasteiger partial charge in [0.2, 0.25) is 0 Å². The molecule has 1 aromatic carbocycles. The van der Waals surface area contributed by atoms with Gasteiger partial charge >= 0.3 is 6.18 Å². The van der Waals surface area contributed by atoms with Gasteiger partial charge in [-0.05, 0) is 36.2 Å². The van der Waals surface area contributed by atoms with Crippen molar-refractivity contribution in [1.29, 1.82) is 0 Å². The highest BCUT2D eigenvalue weighted by Gasteiger charge is 2.30. The lowest BCUT2D eigenvalue weighted by molar-refractivity contribution is -0.137. The molecular formula is C15H13ClF3N. The summed E-state index contributed by atoms with van der Waals surface area (Å²) in [5.41, 5.74) is 1.86. The lowest BCUT2D eigenvalue weighted by Crippen LogP contribution is -2.05. The first kappa shape index (κ1) is 14.9. The second kappa shape index (κ2) is 5.83. The van der Waals surface area contributed by atoms with E-state index in [1.807, 2.05) is 19.1 Å². The van der Waals surface area contributed by atoms with Crippen LogP contribution < -0.4 is 0 Å². The highest BCUT2D eigenvalue weighted by molar-refractivity contribution is 6.20. The van der Waals surface area contributed by atoms with Crippen LogP contribution in [-0.4, -0.2) is 4.98 Å². The number of hydrogen-bond donors (Lipinski definition) is 0. The third kappa shape index (κ3) is 3.51. The smallest absolute Gasteiger partial charge is 0.261 e. The Kier molecular flexibility index (Phi) is 4.33. The molecule has 106 valence electrons. The Balaban J connectivity index is 2.14. The minimum Gasteiger partial charge on any atom is -0.261 e. The third-order valence-electron chi connectivity index (χ3n) is 3.09. The average Bonchev–Trinajstić information content (AvgIpc) is 2.40. The Hall–Kier alpha value is -1.55. The van der Waals surface area contributed by atoms with Crippen molar-refractivity contribution in [2.75, 3.05) is 0 Å². The fourth-order valence-electron chi connectivity index (χ4n) is 1.90. The van der Waals surface area contributed by atoms with Crippen molar-refractivity contribution in [3.05, 3.63) is 65.0 Å². The number of aryl methyl sites for hydroxylation is 1. The maximum absolute atomic E-state index is 12.5. The van der Waals surface area contributed by atoms with Gasteiger partial charge in [-0.15, -0.1) is 11.6 Å². The molecule has 0 radical (unpaired) electrons. The van der Waals surface area contributed by atoms with Gasteiger partial charge in [0.15, 0.2) is 0 Å². The number of pyridine rings is 1. The summed E-state index contributed by atoms with van der Waals surface area (Å²) in [6.45, 7) is 1.93. The van der Waals surface area contributed by atoms with Crippen LogP contribution in [0, 0.1) is 6.92 Å². The molecule has 0 bridgehead atoms. The summed E-state index contributed by atoms with van der Waals surface area (Å²) in [4.78, 5) is 4.24. The summed E-state index contributed by atoms with van der Waals surface area (Å²) in [6, 6.07) is 8.70. The summed E-state index contributed by atoms with van der Waals surface area (Å²) >= 11 is 6.26. The molecule has 2 aromatic rings. The molecule has 20 heavy (non-hydrogen) atoms. The van der Waals surface area contributed by atoms with E-state index in [4.69, 9.17) is 11.6 Å². The van der Waals surface area contributed by atoms with Crippen LogP contribution in [0.1, 0.15) is 27.8 Å². The molecule has 5 heteroatoms. The van der Waals surface area contributed by atoms with Crippen molar-refractivity contribution in [2.45, 2.75) is 24.9 Å². The van der Waals surface area contributed by atoms with Gasteiger partial charge in [0.25, 0.3) is 0 Å². The van der Waals surface area contributed by atoms with E-state index in [1.54, 1.807) is 6.20 Å². The normalized spacial score (nSPS) is 13.2. The Morgan fingerprint density at radius 2 is 1.80 bits per heavy atom. The lowest BCUT2D eigenvalue weighted by Gasteiger charge is -2.12. The molecule has 1 aromatic heterocycles. The van der Waals surface area contributed by atoms with E-state index in [1.165, 1.54) is 12.1 Å². The molecule has 2 rings (SSSR count). The van der Waals surface area contributed by atoms with Crippen molar-refractivity contribution >= 4 is 11.6 Å². The van der Waals surface area contributed by atoms with E-state index >= 15 is 0 Å². The monoisotopic (exact) mass is 299 g/mol. The fraction of sp³-hybridized carbons (Fsp3) is 0.267. The van der Waals surface area contributed by atoms with E-state index < -0.39 is 17.1 Å². The first-order valence-electron chi connectivity index (χ1n) is 6.09. The van der Waals surface area contributed by atoms with E-state index in [0.717, 1.165) is 23.4 Å². The summed E-state index contributed by atoms with van der Waals surface area (Å²) < 4.78 is 37.4. The topological polar surface area (TPSA) is 12.9 Å². The van der Waals surface area contributed by atoms with Gasteiger partial charge < -0.3 is 0 Å². The van der Waals surface area contributed by atoms with Gasteiger partial charge in [-0.3, -0.25) is 4.98 Å². The molecule has 0 spiro atoms. The molecular weight excluding hydrogens is 287 g/mol. The first-order chi connectivity index (χ1) is 9.38. The Bertz CT molecular complexity index is 578. The van der Waals surface area contributed by atoms with Crippen molar-refractivity contribution in [2.24, 2.45) is 0 Å². The maximum Gasteiger partial charge on any atom is 0.416 e. The molecule has 0 aliphatic heterocycles. The summed E-state index contributed by atoms with van der Waals surface area (Å²) in [5, 5.41) is -0.397. The average molecular weight is 300 g/mol. The quantitative estimate of drug-likeness (QED) is 0.732. The number of aromatic nitrogens is 1. The van der Waals surface area contributed by atoms with Crippen LogP contribution in [0.15, 0.2) is 42.6 Å². The van der Waals surface area contributed by atoms with E-state index in [9.17, 15) is 13.2 Å². The lowest BCUT2D eigenvalue weighted by atomic mass is 10.0. The fourth-order valence-corrected chi connectivity index (χ4v) is 2.19. The predicted octanol–water partition coefficient (Wildman–Crippen LogP) is 4.93. The van der Waals surface area contributed by atoms with Gasteiger partial charge in [-0.1, -0.05) is 18.2 Å². The van der Waals surface area contributed by atoms with Crippen LogP contribution in [0.25, 0.3) is 0 Å². The summed E-state index contributed by atoms with van der Waals surface area (Å²) in [6.07, 6.45) is -2.16. The molecule has 1 nitrogen and oxygen atoms in total. The van der Waals surface area contributed by atoms with Crippen molar-refractivity contribution in [3.63, 3.8) is 0 Å². The number of alkyl halides is 4. The van der Waals surface area contributed by atoms with Gasteiger partial charge in [0, 0.05) is 18.3 Å². The van der Waals surface area contributed by atoms with Gasteiger partial charge in [-0.2, -0.15) is 13.2 Å². The molecule has 0 amide bonds. The molecule has 0 N–H and O–H groups in total. The standard InChI is InChI=1S/C15H13ClF3N/c1-10-3-2-8-20-14(10)9-13(16)11-4-6-12(7-5-11)15(17,18)19/h2-8,13H,9H2,1H3. The zero-order valence-corrected chi connectivity index (χ0v) is 11.5. The van der Waals surface area contributed by atoms with Crippen LogP contribution in [0.3, 0.4) is 0 Å². The molecule has 1 heterocycles. The van der Waals surface area contributed by atoms with Crippen LogP contribution in [0.5, 0.6) is 0 Å². The van der Waals surface area contributed by atoms with Crippen molar-refractivity contribution < 1.29 is 13.2 Å². The number of benzene rings is 1. The summed E-state index contributed by atoms with van der Waals surface area (Å²) in [7, 11) is 0. The first-order valence-corrected chi connectivity index (χ1v) is 6.53. The summed E-state index contributed by atoms with van der Waals surface area (Å²) in [5.74, 6) is 0. The van der Waals surface area contributed by atoms with Crippen LogP contribution in [-0.2, 0) is 12.6 Å². The SMILES string of the molecule is Cc1cccnc1CC(Cl)c1ccc(C(F)(F)F)cc1. The largest absolute Gasteiger partial charge is 0.416 e. The zero-order chi connectivity index (χ0) is 14.8. The molecule has 1 atom stereocenters.